The van der Waals surface area contributed by atoms with Gasteiger partial charge in [0.25, 0.3) is 11.8 Å². The molecule has 5 aliphatic rings. The van der Waals surface area contributed by atoms with Gasteiger partial charge < -0.3 is 0 Å². The van der Waals surface area contributed by atoms with E-state index in [1.807, 2.05) is 0 Å². The molecule has 2 bridgehead atoms. The van der Waals surface area contributed by atoms with Gasteiger partial charge in [0.1, 0.15) is 5.82 Å². The largest absolute Gasteiger partial charge is 0.272 e. The lowest BCUT2D eigenvalue weighted by molar-refractivity contribution is -0.140. The molecule has 4 aliphatic carbocycles. The summed E-state index contributed by atoms with van der Waals surface area (Å²) in [6.07, 6.45) is 6.87. The van der Waals surface area contributed by atoms with Gasteiger partial charge in [-0.15, -0.1) is 0 Å². The Bertz CT molecular complexity index is 734. The average Bonchev–Trinajstić information content (AvgIpc) is 3.33. The van der Waals surface area contributed by atoms with Crippen LogP contribution in [0.25, 0.3) is 0 Å². The number of carbonyl (C=O) groups excluding carboxylic acids is 2. The van der Waals surface area contributed by atoms with Gasteiger partial charge in [0, 0.05) is 0 Å². The second-order valence-electron chi connectivity index (χ2n) is 6.94. The number of amides is 2. The molecular formula is C18H15FN2O2. The fourth-order valence-electron chi connectivity index (χ4n) is 4.73. The topological polar surface area (TPSA) is 49.7 Å². The van der Waals surface area contributed by atoms with Crippen LogP contribution in [-0.4, -0.2) is 23.0 Å². The molecule has 1 aromatic rings. The Kier molecular flexibility index (Phi) is 2.50. The molecule has 23 heavy (non-hydrogen) atoms. The number of rotatable bonds is 2. The van der Waals surface area contributed by atoms with Crippen molar-refractivity contribution >= 4 is 18.0 Å². The molecule has 6 unspecified atom stereocenters. The summed E-state index contributed by atoms with van der Waals surface area (Å²) in [4.78, 5) is 25.4. The molecule has 116 valence electrons. The summed E-state index contributed by atoms with van der Waals surface area (Å²) in [6.45, 7) is 0. The van der Waals surface area contributed by atoms with E-state index in [1.54, 1.807) is 12.1 Å². The number of nitrogens with zero attached hydrogens (tertiary/aromatic N) is 2. The molecule has 2 amide bonds. The summed E-state index contributed by atoms with van der Waals surface area (Å²) in [7, 11) is 0. The van der Waals surface area contributed by atoms with Crippen LogP contribution in [0.3, 0.4) is 0 Å². The van der Waals surface area contributed by atoms with Gasteiger partial charge in [0.15, 0.2) is 0 Å². The third kappa shape index (κ3) is 1.73. The first kappa shape index (κ1) is 13.2. The van der Waals surface area contributed by atoms with Gasteiger partial charge in [0.2, 0.25) is 0 Å². The molecule has 0 radical (unpaired) electrons. The van der Waals surface area contributed by atoms with Crippen LogP contribution < -0.4 is 0 Å². The maximum absolute atomic E-state index is 12.9. The summed E-state index contributed by atoms with van der Waals surface area (Å²) in [6, 6.07) is 5.79. The molecule has 5 heteroatoms. The second kappa shape index (κ2) is 4.37. The van der Waals surface area contributed by atoms with E-state index in [0.29, 0.717) is 17.4 Å². The Morgan fingerprint density at radius 2 is 1.57 bits per heavy atom. The van der Waals surface area contributed by atoms with E-state index in [-0.39, 0.29) is 41.3 Å². The van der Waals surface area contributed by atoms with Crippen LogP contribution in [0.4, 0.5) is 4.39 Å². The van der Waals surface area contributed by atoms with E-state index in [0.717, 1.165) is 11.4 Å². The maximum Gasteiger partial charge on any atom is 0.254 e. The number of halogens is 1. The van der Waals surface area contributed by atoms with Crippen molar-refractivity contribution in [3.05, 3.63) is 47.8 Å². The molecule has 3 fully saturated rings. The smallest absolute Gasteiger partial charge is 0.254 e. The molecule has 0 N–H and O–H groups in total. The van der Waals surface area contributed by atoms with Crippen LogP contribution in [0.1, 0.15) is 12.0 Å². The first-order valence-corrected chi connectivity index (χ1v) is 8.01. The Balaban J connectivity index is 1.44. The molecule has 0 spiro atoms. The van der Waals surface area contributed by atoms with Crippen molar-refractivity contribution in [2.45, 2.75) is 6.42 Å². The molecule has 1 aromatic carbocycles. The lowest BCUT2D eigenvalue weighted by Crippen LogP contribution is -2.40. The minimum absolute atomic E-state index is 0.178. The summed E-state index contributed by atoms with van der Waals surface area (Å²) < 4.78 is 12.9. The summed E-state index contributed by atoms with van der Waals surface area (Å²) >= 11 is 0. The molecule has 0 aromatic heterocycles. The van der Waals surface area contributed by atoms with Crippen LogP contribution in [0, 0.1) is 41.3 Å². The average molecular weight is 310 g/mol. The Morgan fingerprint density at radius 3 is 2.13 bits per heavy atom. The van der Waals surface area contributed by atoms with E-state index in [2.05, 4.69) is 17.3 Å². The molecule has 1 aliphatic heterocycles. The van der Waals surface area contributed by atoms with Gasteiger partial charge >= 0.3 is 0 Å². The van der Waals surface area contributed by atoms with Crippen LogP contribution >= 0.6 is 0 Å². The molecule has 1 saturated heterocycles. The summed E-state index contributed by atoms with van der Waals surface area (Å²) in [5, 5.41) is 5.14. The quantitative estimate of drug-likeness (QED) is 0.478. The van der Waals surface area contributed by atoms with Gasteiger partial charge in [-0.1, -0.05) is 24.3 Å². The zero-order valence-corrected chi connectivity index (χ0v) is 12.3. The normalized spacial score (nSPS) is 40.0. The van der Waals surface area contributed by atoms with Crippen molar-refractivity contribution < 1.29 is 14.0 Å². The zero-order chi connectivity index (χ0) is 15.7. The third-order valence-electron chi connectivity index (χ3n) is 5.83. The van der Waals surface area contributed by atoms with E-state index in [1.165, 1.54) is 18.3 Å². The van der Waals surface area contributed by atoms with E-state index >= 15 is 0 Å². The third-order valence-corrected chi connectivity index (χ3v) is 5.83. The minimum atomic E-state index is -0.330. The lowest BCUT2D eigenvalue weighted by Gasteiger charge is -2.37. The monoisotopic (exact) mass is 310 g/mol. The van der Waals surface area contributed by atoms with Crippen molar-refractivity contribution in [2.24, 2.45) is 40.6 Å². The highest BCUT2D eigenvalue weighted by atomic mass is 19.1. The van der Waals surface area contributed by atoms with E-state index < -0.39 is 0 Å². The fraction of sp³-hybridized carbons (Fsp3) is 0.389. The Labute approximate surface area is 132 Å². The predicted octanol–water partition coefficient (Wildman–Crippen LogP) is 2.21. The minimum Gasteiger partial charge on any atom is -0.272 e. The highest BCUT2D eigenvalue weighted by molar-refractivity contribution is 6.06. The molecule has 6 atom stereocenters. The van der Waals surface area contributed by atoms with Crippen molar-refractivity contribution in [1.82, 2.24) is 5.01 Å². The fourth-order valence-corrected chi connectivity index (χ4v) is 4.73. The van der Waals surface area contributed by atoms with Crippen LogP contribution in [-0.2, 0) is 9.59 Å². The van der Waals surface area contributed by atoms with Crippen LogP contribution in [0.15, 0.2) is 41.5 Å². The lowest BCUT2D eigenvalue weighted by atomic mass is 9.63. The first-order valence-electron chi connectivity index (χ1n) is 8.01. The summed E-state index contributed by atoms with van der Waals surface area (Å²) in [5.41, 5.74) is 0.658. The highest BCUT2D eigenvalue weighted by Crippen LogP contribution is 2.65. The number of allylic oxidation sites excluding steroid dienone is 2. The first-order chi connectivity index (χ1) is 11.1. The summed E-state index contributed by atoms with van der Waals surface area (Å²) in [5.74, 6) is 0.440. The zero-order valence-electron chi connectivity index (χ0n) is 12.3. The van der Waals surface area contributed by atoms with E-state index in [4.69, 9.17) is 0 Å². The number of hydrogen-bond acceptors (Lipinski definition) is 3. The van der Waals surface area contributed by atoms with Crippen molar-refractivity contribution in [2.75, 3.05) is 0 Å². The number of benzene rings is 1. The molecule has 1 heterocycles. The molecule has 6 rings (SSSR count). The SMILES string of the molecule is O=C1C2C3C=CC(C4CC34)C2C(=O)N1/N=C/c1ccc(F)cc1. The molecule has 4 nitrogen and oxygen atoms in total. The number of hydrazone groups is 1. The maximum atomic E-state index is 12.9. The van der Waals surface area contributed by atoms with Crippen LogP contribution in [0.2, 0.25) is 0 Å². The van der Waals surface area contributed by atoms with Crippen molar-refractivity contribution in [1.29, 1.82) is 0 Å². The van der Waals surface area contributed by atoms with Crippen LogP contribution in [0.5, 0.6) is 0 Å². The predicted molar refractivity (Wildman–Crippen MR) is 80.5 cm³/mol. The number of imide groups is 1. The molecular weight excluding hydrogens is 295 g/mol. The second-order valence-corrected chi connectivity index (χ2v) is 6.94. The van der Waals surface area contributed by atoms with Gasteiger partial charge in [0.05, 0.1) is 18.1 Å². The van der Waals surface area contributed by atoms with Gasteiger partial charge in [-0.05, 0) is 47.8 Å². The van der Waals surface area contributed by atoms with Gasteiger partial charge in [-0.2, -0.15) is 10.1 Å². The number of hydrogen-bond donors (Lipinski definition) is 0. The van der Waals surface area contributed by atoms with Crippen molar-refractivity contribution in [3.63, 3.8) is 0 Å². The molecule has 2 saturated carbocycles. The van der Waals surface area contributed by atoms with E-state index in [9.17, 15) is 14.0 Å². The standard InChI is InChI=1S/C18H15FN2O2/c19-10-3-1-9(2-4-10)8-20-21-17(22)15-11-5-6-12(14-7-13(11)14)16(15)18(21)23/h1-6,8,11-16H,7H2/b20-8+. The van der Waals surface area contributed by atoms with Crippen molar-refractivity contribution in [3.8, 4) is 0 Å². The Morgan fingerprint density at radius 1 is 1.00 bits per heavy atom. The Hall–Kier alpha value is -2.30. The van der Waals surface area contributed by atoms with Gasteiger partial charge in [-0.25, -0.2) is 4.39 Å². The highest BCUT2D eigenvalue weighted by Gasteiger charge is 2.67. The van der Waals surface area contributed by atoms with Gasteiger partial charge in [-0.3, -0.25) is 9.59 Å². The number of carbonyl (C=O) groups is 2.